The number of aromatic nitrogens is 1. The van der Waals surface area contributed by atoms with Crippen LogP contribution < -0.4 is 5.56 Å². The van der Waals surface area contributed by atoms with Crippen molar-refractivity contribution in [1.82, 2.24) is 4.57 Å². The second kappa shape index (κ2) is 7.41. The van der Waals surface area contributed by atoms with Gasteiger partial charge < -0.3 is 4.57 Å². The van der Waals surface area contributed by atoms with Crippen molar-refractivity contribution in [3.05, 3.63) is 98.6 Å². The third-order valence-corrected chi connectivity index (χ3v) is 4.74. The first-order valence-corrected chi connectivity index (χ1v) is 8.81. The van der Waals surface area contributed by atoms with E-state index in [2.05, 4.69) is 36.9 Å². The van der Waals surface area contributed by atoms with Crippen LogP contribution in [0.2, 0.25) is 0 Å². The monoisotopic (exact) mass is 342 g/mol. The van der Waals surface area contributed by atoms with E-state index in [-0.39, 0.29) is 11.2 Å². The molecular weight excluding hydrogens is 320 g/mol. The van der Waals surface area contributed by atoms with Crippen LogP contribution in [-0.4, -0.2) is 4.57 Å². The van der Waals surface area contributed by atoms with Crippen molar-refractivity contribution >= 4 is 5.69 Å². The van der Waals surface area contributed by atoms with Crippen LogP contribution in [0.3, 0.4) is 0 Å². The number of hydrogen-bond acceptors (Lipinski definition) is 1. The average molecular weight is 342 g/mol. The quantitative estimate of drug-likeness (QED) is 0.591. The molecule has 0 unspecified atom stereocenters. The summed E-state index contributed by atoms with van der Waals surface area (Å²) in [7, 11) is 0. The Bertz CT molecular complexity index is 1040. The Balaban J connectivity index is 2.25. The molecule has 0 aliphatic heterocycles. The molecule has 130 valence electrons. The van der Waals surface area contributed by atoms with Gasteiger partial charge in [0.1, 0.15) is 0 Å². The van der Waals surface area contributed by atoms with Crippen LogP contribution in [0.5, 0.6) is 0 Å². The summed E-state index contributed by atoms with van der Waals surface area (Å²) >= 11 is 0. The minimum Gasteiger partial charge on any atom is -0.313 e. The van der Waals surface area contributed by atoms with Crippen LogP contribution in [0.25, 0.3) is 16.1 Å². The van der Waals surface area contributed by atoms with Crippen molar-refractivity contribution in [1.29, 1.82) is 0 Å². The van der Waals surface area contributed by atoms with Gasteiger partial charge in [-0.15, -0.1) is 0 Å². The van der Waals surface area contributed by atoms with Gasteiger partial charge in [-0.1, -0.05) is 61.0 Å². The molecule has 0 radical (unpaired) electrons. The normalized spacial score (nSPS) is 10.5. The first kappa shape index (κ1) is 17.7. The molecule has 26 heavy (non-hydrogen) atoms. The molecule has 0 saturated heterocycles. The van der Waals surface area contributed by atoms with Crippen molar-refractivity contribution in [3.8, 4) is 11.3 Å². The fourth-order valence-electron chi connectivity index (χ4n) is 3.27. The number of hydrogen-bond donors (Lipinski definition) is 0. The zero-order valence-corrected chi connectivity index (χ0v) is 15.4. The molecule has 0 saturated carbocycles. The lowest BCUT2D eigenvalue weighted by molar-refractivity contribution is 0.763. The molecule has 3 nitrogen and oxygen atoms in total. The predicted molar refractivity (Wildman–Crippen MR) is 107 cm³/mol. The summed E-state index contributed by atoms with van der Waals surface area (Å²) in [5.74, 6) is 0. The van der Waals surface area contributed by atoms with Crippen LogP contribution in [0, 0.1) is 20.4 Å². The molecule has 3 rings (SSSR count). The van der Waals surface area contributed by atoms with Crippen molar-refractivity contribution in [3.63, 3.8) is 0 Å². The number of aryl methyl sites for hydroxylation is 3. The maximum absolute atomic E-state index is 13.1. The maximum atomic E-state index is 13.1. The molecule has 0 bridgehead atoms. The van der Waals surface area contributed by atoms with Crippen LogP contribution >= 0.6 is 0 Å². The average Bonchev–Trinajstić information content (AvgIpc) is 2.65. The summed E-state index contributed by atoms with van der Waals surface area (Å²) in [4.78, 5) is 16.6. The molecule has 1 aromatic heterocycles. The van der Waals surface area contributed by atoms with E-state index in [1.165, 1.54) is 5.56 Å². The second-order valence-electron chi connectivity index (χ2n) is 6.56. The number of nitrogens with zero attached hydrogens (tertiary/aromatic N) is 2. The summed E-state index contributed by atoms with van der Waals surface area (Å²) in [6, 6.07) is 18.2. The summed E-state index contributed by atoms with van der Waals surface area (Å²) < 4.78 is 1.74. The fourth-order valence-corrected chi connectivity index (χ4v) is 3.27. The van der Waals surface area contributed by atoms with Crippen LogP contribution in [-0.2, 0) is 13.0 Å². The Morgan fingerprint density at radius 2 is 1.73 bits per heavy atom. The Hall–Kier alpha value is -3.12. The highest BCUT2D eigenvalue weighted by atomic mass is 16.1. The van der Waals surface area contributed by atoms with Gasteiger partial charge in [0.2, 0.25) is 0 Å². The maximum Gasteiger partial charge on any atom is 0.257 e. The van der Waals surface area contributed by atoms with E-state index in [9.17, 15) is 4.79 Å². The molecular formula is C23H22N2O. The Kier molecular flexibility index (Phi) is 5.04. The van der Waals surface area contributed by atoms with Crippen molar-refractivity contribution in [2.24, 2.45) is 0 Å². The second-order valence-corrected chi connectivity index (χ2v) is 6.56. The van der Waals surface area contributed by atoms with Crippen LogP contribution in [0.15, 0.2) is 59.4 Å². The SMILES string of the molecule is [C-]#[N+]c1c(CC)cc(-c2ccccc2)n(Cc2ccc(C)cc2C)c1=O. The number of benzene rings is 2. The fraction of sp³-hybridized carbons (Fsp3) is 0.217. The van der Waals surface area contributed by atoms with Gasteiger partial charge in [0, 0.05) is 5.69 Å². The predicted octanol–water partition coefficient (Wildman–Crippen LogP) is 5.29. The van der Waals surface area contributed by atoms with Gasteiger partial charge in [0.25, 0.3) is 11.2 Å². The van der Waals surface area contributed by atoms with Gasteiger partial charge in [-0.2, -0.15) is 0 Å². The zero-order chi connectivity index (χ0) is 18.7. The van der Waals surface area contributed by atoms with E-state index in [0.717, 1.165) is 27.9 Å². The largest absolute Gasteiger partial charge is 0.313 e. The Labute approximate surface area is 154 Å². The van der Waals surface area contributed by atoms with Gasteiger partial charge >= 0.3 is 0 Å². The van der Waals surface area contributed by atoms with Crippen molar-refractivity contribution < 1.29 is 0 Å². The zero-order valence-electron chi connectivity index (χ0n) is 15.4. The number of rotatable bonds is 4. The molecule has 0 aliphatic rings. The lowest BCUT2D eigenvalue weighted by atomic mass is 10.0. The third-order valence-electron chi connectivity index (χ3n) is 4.74. The van der Waals surface area contributed by atoms with Crippen molar-refractivity contribution in [2.75, 3.05) is 0 Å². The topological polar surface area (TPSA) is 26.4 Å². The van der Waals surface area contributed by atoms with Crippen molar-refractivity contribution in [2.45, 2.75) is 33.7 Å². The molecule has 0 atom stereocenters. The van der Waals surface area contributed by atoms with Gasteiger partial charge in [-0.25, -0.2) is 4.85 Å². The highest BCUT2D eigenvalue weighted by molar-refractivity contribution is 5.65. The first-order chi connectivity index (χ1) is 12.5. The van der Waals surface area contributed by atoms with E-state index < -0.39 is 0 Å². The van der Waals surface area contributed by atoms with Crippen LogP contribution in [0.4, 0.5) is 5.69 Å². The van der Waals surface area contributed by atoms with Gasteiger partial charge in [0.15, 0.2) is 0 Å². The molecule has 3 heteroatoms. The molecule has 0 amide bonds. The molecule has 3 aromatic rings. The van der Waals surface area contributed by atoms with Gasteiger partial charge in [0.05, 0.1) is 13.1 Å². The molecule has 0 N–H and O–H groups in total. The smallest absolute Gasteiger partial charge is 0.257 e. The van der Waals surface area contributed by atoms with E-state index in [1.807, 2.05) is 43.3 Å². The first-order valence-electron chi connectivity index (χ1n) is 8.81. The molecule has 0 aliphatic carbocycles. The minimum atomic E-state index is -0.210. The summed E-state index contributed by atoms with van der Waals surface area (Å²) in [5, 5.41) is 0. The molecule has 0 fully saturated rings. The third kappa shape index (κ3) is 3.32. The molecule has 2 aromatic carbocycles. The van der Waals surface area contributed by atoms with Gasteiger partial charge in [-0.3, -0.25) is 4.79 Å². The summed E-state index contributed by atoms with van der Waals surface area (Å²) in [5.41, 5.74) is 6.12. The molecule has 1 heterocycles. The lowest BCUT2D eigenvalue weighted by Gasteiger charge is -2.17. The summed E-state index contributed by atoms with van der Waals surface area (Å²) in [6.07, 6.45) is 0.664. The van der Waals surface area contributed by atoms with E-state index in [0.29, 0.717) is 13.0 Å². The van der Waals surface area contributed by atoms with Gasteiger partial charge in [-0.05, 0) is 48.6 Å². The van der Waals surface area contributed by atoms with Crippen LogP contribution in [0.1, 0.15) is 29.2 Å². The van der Waals surface area contributed by atoms with E-state index >= 15 is 0 Å². The standard InChI is InChI=1S/C23H22N2O/c1-5-18-14-21(19-9-7-6-8-10-19)25(23(26)22(18)24-4)15-20-12-11-16(2)13-17(20)3/h6-14H,5,15H2,1-3H3. The highest BCUT2D eigenvalue weighted by Crippen LogP contribution is 2.25. The lowest BCUT2D eigenvalue weighted by Crippen LogP contribution is -2.23. The Morgan fingerprint density at radius 1 is 1.00 bits per heavy atom. The highest BCUT2D eigenvalue weighted by Gasteiger charge is 2.16. The summed E-state index contributed by atoms with van der Waals surface area (Å²) in [6.45, 7) is 14.0. The van der Waals surface area contributed by atoms with E-state index in [4.69, 9.17) is 6.57 Å². The number of pyridine rings is 1. The Morgan fingerprint density at radius 3 is 2.35 bits per heavy atom. The minimum absolute atomic E-state index is 0.210. The molecule has 0 spiro atoms. The van der Waals surface area contributed by atoms with E-state index in [1.54, 1.807) is 4.57 Å².